The molecule has 0 radical (unpaired) electrons. The molecule has 0 aromatic carbocycles. The van der Waals surface area contributed by atoms with Gasteiger partial charge in [-0.3, -0.25) is 0 Å². The Balaban J connectivity index is 1.90. The Bertz CT molecular complexity index is 290. The molecule has 17 heavy (non-hydrogen) atoms. The van der Waals surface area contributed by atoms with E-state index in [-0.39, 0.29) is 0 Å². The van der Waals surface area contributed by atoms with Crippen LogP contribution >= 0.6 is 0 Å². The van der Waals surface area contributed by atoms with Crippen molar-refractivity contribution in [3.63, 3.8) is 0 Å². The van der Waals surface area contributed by atoms with E-state index in [1.807, 2.05) is 0 Å². The summed E-state index contributed by atoms with van der Waals surface area (Å²) < 4.78 is 0. The maximum Gasteiger partial charge on any atom is -0.0261 e. The van der Waals surface area contributed by atoms with Gasteiger partial charge in [-0.05, 0) is 60.7 Å². The van der Waals surface area contributed by atoms with Crippen LogP contribution in [0.2, 0.25) is 0 Å². The molecule has 98 valence electrons. The second-order valence-electron chi connectivity index (χ2n) is 8.13. The Hall–Kier alpha value is 0. The lowest BCUT2D eigenvalue weighted by Crippen LogP contribution is -2.52. The minimum absolute atomic E-state index is 0.620. The smallest absolute Gasteiger partial charge is 0.0261 e. The molecule has 0 bridgehead atoms. The fourth-order valence-electron chi connectivity index (χ4n) is 6.13. The highest BCUT2D eigenvalue weighted by molar-refractivity contribution is 5.04. The van der Waals surface area contributed by atoms with Crippen LogP contribution in [-0.2, 0) is 0 Å². The summed E-state index contributed by atoms with van der Waals surface area (Å²) in [5.74, 6) is 3.19. The monoisotopic (exact) mass is 234 g/mol. The summed E-state index contributed by atoms with van der Waals surface area (Å²) in [7, 11) is 0. The quantitative estimate of drug-likeness (QED) is 0.525. The van der Waals surface area contributed by atoms with Gasteiger partial charge >= 0.3 is 0 Å². The van der Waals surface area contributed by atoms with Crippen LogP contribution in [0.1, 0.15) is 78.6 Å². The average molecular weight is 234 g/mol. The van der Waals surface area contributed by atoms with E-state index in [2.05, 4.69) is 20.8 Å². The lowest BCUT2D eigenvalue weighted by molar-refractivity contribution is -0.108. The fraction of sp³-hybridized carbons (Fsp3) is 1.00. The van der Waals surface area contributed by atoms with E-state index in [0.29, 0.717) is 10.8 Å². The number of hydrogen-bond donors (Lipinski definition) is 0. The maximum absolute atomic E-state index is 2.67. The van der Waals surface area contributed by atoms with E-state index in [0.717, 1.165) is 17.8 Å². The molecular weight excluding hydrogens is 204 g/mol. The van der Waals surface area contributed by atoms with Crippen molar-refractivity contribution in [1.82, 2.24) is 0 Å². The van der Waals surface area contributed by atoms with Crippen LogP contribution in [0, 0.1) is 28.6 Å². The molecule has 0 nitrogen and oxygen atoms in total. The minimum atomic E-state index is 0.620. The van der Waals surface area contributed by atoms with Gasteiger partial charge < -0.3 is 0 Å². The third kappa shape index (κ3) is 1.78. The van der Waals surface area contributed by atoms with Crippen LogP contribution in [0.5, 0.6) is 0 Å². The topological polar surface area (TPSA) is 0 Å². The second kappa shape index (κ2) is 4.00. The van der Waals surface area contributed by atoms with Gasteiger partial charge in [0.2, 0.25) is 0 Å². The largest absolute Gasteiger partial charge is 0.0596 e. The molecule has 4 atom stereocenters. The molecule has 4 unspecified atom stereocenters. The molecule has 3 saturated carbocycles. The number of rotatable bonds is 0. The number of fused-ring (bicyclic) bond motifs is 3. The van der Waals surface area contributed by atoms with Gasteiger partial charge in [-0.15, -0.1) is 0 Å². The standard InChI is InChI=1S/C17H30/c1-16(2)11-6-12-17(3)14-8-5-4-7-13(14)9-10-15(16)17/h13-15H,4-12H2,1-3H3. The summed E-state index contributed by atoms with van der Waals surface area (Å²) in [5, 5.41) is 0. The number of hydrogen-bond acceptors (Lipinski definition) is 0. The van der Waals surface area contributed by atoms with Crippen molar-refractivity contribution in [3.8, 4) is 0 Å². The normalized spacial score (nSPS) is 49.2. The molecule has 0 aromatic rings. The van der Waals surface area contributed by atoms with Crippen LogP contribution in [0.25, 0.3) is 0 Å². The Morgan fingerprint density at radius 2 is 1.53 bits per heavy atom. The molecule has 0 aromatic heterocycles. The van der Waals surface area contributed by atoms with Crippen LogP contribution in [0.4, 0.5) is 0 Å². The lowest BCUT2D eigenvalue weighted by Gasteiger charge is -2.60. The zero-order chi connectivity index (χ0) is 12.1. The first-order valence-corrected chi connectivity index (χ1v) is 8.04. The maximum atomic E-state index is 2.67. The molecule has 0 heterocycles. The summed E-state index contributed by atoms with van der Waals surface area (Å²) in [5.41, 5.74) is 1.32. The summed E-state index contributed by atoms with van der Waals surface area (Å²) in [6.07, 6.45) is 13.7. The molecule has 0 spiro atoms. The highest BCUT2D eigenvalue weighted by Crippen LogP contribution is 2.63. The van der Waals surface area contributed by atoms with Crippen LogP contribution < -0.4 is 0 Å². The molecule has 0 N–H and O–H groups in total. The van der Waals surface area contributed by atoms with Gasteiger partial charge in [0, 0.05) is 0 Å². The van der Waals surface area contributed by atoms with Gasteiger partial charge in [0.15, 0.2) is 0 Å². The van der Waals surface area contributed by atoms with E-state index in [9.17, 15) is 0 Å². The van der Waals surface area contributed by atoms with Crippen molar-refractivity contribution < 1.29 is 0 Å². The van der Waals surface area contributed by atoms with Crippen LogP contribution in [0.3, 0.4) is 0 Å². The van der Waals surface area contributed by atoms with Crippen molar-refractivity contribution >= 4 is 0 Å². The first-order valence-electron chi connectivity index (χ1n) is 8.04. The molecule has 0 heteroatoms. The van der Waals surface area contributed by atoms with E-state index in [4.69, 9.17) is 0 Å². The highest BCUT2D eigenvalue weighted by atomic mass is 14.6. The summed E-state index contributed by atoms with van der Waals surface area (Å²) in [6.45, 7) is 7.77. The minimum Gasteiger partial charge on any atom is -0.0596 e. The highest BCUT2D eigenvalue weighted by Gasteiger charge is 2.54. The molecule has 3 fully saturated rings. The predicted molar refractivity (Wildman–Crippen MR) is 73.9 cm³/mol. The Kier molecular flexibility index (Phi) is 2.84. The average Bonchev–Trinajstić information content (AvgIpc) is 2.28. The molecular formula is C17H30. The van der Waals surface area contributed by atoms with Gasteiger partial charge in [0.05, 0.1) is 0 Å². The molecule has 3 aliphatic rings. The third-order valence-corrected chi connectivity index (χ3v) is 6.86. The van der Waals surface area contributed by atoms with Gasteiger partial charge in [-0.1, -0.05) is 46.5 Å². The second-order valence-corrected chi connectivity index (χ2v) is 8.13. The predicted octanol–water partition coefficient (Wildman–Crippen LogP) is 5.42. The van der Waals surface area contributed by atoms with E-state index < -0.39 is 0 Å². The first kappa shape index (κ1) is 12.1. The Morgan fingerprint density at radius 1 is 0.765 bits per heavy atom. The van der Waals surface area contributed by atoms with Crippen molar-refractivity contribution in [2.75, 3.05) is 0 Å². The van der Waals surface area contributed by atoms with Gasteiger partial charge in [-0.2, -0.15) is 0 Å². The molecule has 0 saturated heterocycles. The third-order valence-electron chi connectivity index (χ3n) is 6.86. The fourth-order valence-corrected chi connectivity index (χ4v) is 6.13. The van der Waals surface area contributed by atoms with Crippen molar-refractivity contribution in [2.24, 2.45) is 28.6 Å². The van der Waals surface area contributed by atoms with Crippen LogP contribution in [-0.4, -0.2) is 0 Å². The molecule has 0 aliphatic heterocycles. The summed E-state index contributed by atoms with van der Waals surface area (Å²) >= 11 is 0. The van der Waals surface area contributed by atoms with Crippen LogP contribution in [0.15, 0.2) is 0 Å². The van der Waals surface area contributed by atoms with Gasteiger partial charge in [0.1, 0.15) is 0 Å². The van der Waals surface area contributed by atoms with Crippen molar-refractivity contribution in [3.05, 3.63) is 0 Å². The summed E-state index contributed by atoms with van der Waals surface area (Å²) in [6, 6.07) is 0. The summed E-state index contributed by atoms with van der Waals surface area (Å²) in [4.78, 5) is 0. The Labute approximate surface area is 108 Å². The Morgan fingerprint density at radius 3 is 2.35 bits per heavy atom. The van der Waals surface area contributed by atoms with Crippen molar-refractivity contribution in [1.29, 1.82) is 0 Å². The van der Waals surface area contributed by atoms with E-state index in [1.54, 1.807) is 19.3 Å². The van der Waals surface area contributed by atoms with E-state index >= 15 is 0 Å². The van der Waals surface area contributed by atoms with E-state index in [1.165, 1.54) is 38.5 Å². The SMILES string of the molecule is CC1(C)CCCC2(C)C3CCCCC3CCC12. The zero-order valence-corrected chi connectivity index (χ0v) is 12.1. The zero-order valence-electron chi connectivity index (χ0n) is 12.1. The first-order chi connectivity index (χ1) is 8.04. The van der Waals surface area contributed by atoms with Gasteiger partial charge in [0.25, 0.3) is 0 Å². The lowest BCUT2D eigenvalue weighted by atomic mass is 9.45. The molecule has 3 rings (SSSR count). The van der Waals surface area contributed by atoms with Crippen molar-refractivity contribution in [2.45, 2.75) is 78.6 Å². The molecule has 0 amide bonds. The molecule has 3 aliphatic carbocycles. The van der Waals surface area contributed by atoms with Gasteiger partial charge in [-0.25, -0.2) is 0 Å².